The molecule has 1 aliphatic heterocycles. The van der Waals surface area contributed by atoms with Crippen LogP contribution in [0.5, 0.6) is 0 Å². The summed E-state index contributed by atoms with van der Waals surface area (Å²) in [5.74, 6) is 0.773. The van der Waals surface area contributed by atoms with Crippen LogP contribution in [-0.4, -0.2) is 36.9 Å². The zero-order chi connectivity index (χ0) is 12.4. The van der Waals surface area contributed by atoms with Gasteiger partial charge in [-0.15, -0.1) is 0 Å². The van der Waals surface area contributed by atoms with Crippen molar-refractivity contribution < 1.29 is 8.42 Å². The smallest absolute Gasteiger partial charge is 0.212 e. The molecule has 1 rings (SSSR count). The molecule has 0 aliphatic carbocycles. The van der Waals surface area contributed by atoms with E-state index < -0.39 is 10.0 Å². The lowest BCUT2D eigenvalue weighted by Gasteiger charge is -2.21. The Morgan fingerprint density at radius 1 is 1.38 bits per heavy atom. The van der Waals surface area contributed by atoms with Crippen LogP contribution in [0.2, 0.25) is 0 Å². The van der Waals surface area contributed by atoms with E-state index in [1.165, 1.54) is 0 Å². The Morgan fingerprint density at radius 3 is 2.44 bits per heavy atom. The van der Waals surface area contributed by atoms with E-state index >= 15 is 0 Å². The molecule has 0 spiro atoms. The quantitative estimate of drug-likeness (QED) is 0.748. The molecule has 1 fully saturated rings. The first-order valence-electron chi connectivity index (χ1n) is 5.78. The molecule has 0 bridgehead atoms. The van der Waals surface area contributed by atoms with Crippen molar-refractivity contribution in [3.05, 3.63) is 0 Å². The van der Waals surface area contributed by atoms with Crippen LogP contribution in [0.25, 0.3) is 0 Å². The Kier molecular flexibility index (Phi) is 4.84. The van der Waals surface area contributed by atoms with Crippen LogP contribution in [0.3, 0.4) is 0 Å². The summed E-state index contributed by atoms with van der Waals surface area (Å²) in [7, 11) is -3.02. The fourth-order valence-electron chi connectivity index (χ4n) is 1.74. The summed E-state index contributed by atoms with van der Waals surface area (Å²) >= 11 is 3.42. The summed E-state index contributed by atoms with van der Waals surface area (Å²) in [6.07, 6.45) is 1.71. The Hall–Kier alpha value is 0.390. The van der Waals surface area contributed by atoms with E-state index in [9.17, 15) is 8.42 Å². The molecule has 16 heavy (non-hydrogen) atoms. The molecular formula is C11H22BrNO2S. The van der Waals surface area contributed by atoms with Crippen molar-refractivity contribution in [3.63, 3.8) is 0 Å². The standard InChI is InChI=1S/C11H22BrNO2S/c1-11(2,3)5-7-16(14,15)13-6-4-10(8-12)9-13/h10H,4-9H2,1-3H3. The maximum Gasteiger partial charge on any atom is 0.214 e. The highest BCUT2D eigenvalue weighted by atomic mass is 79.9. The molecule has 5 heteroatoms. The summed E-state index contributed by atoms with van der Waals surface area (Å²) in [5.41, 5.74) is 0.0849. The van der Waals surface area contributed by atoms with Crippen LogP contribution >= 0.6 is 15.9 Å². The van der Waals surface area contributed by atoms with Crippen molar-refractivity contribution in [2.24, 2.45) is 11.3 Å². The van der Waals surface area contributed by atoms with Gasteiger partial charge < -0.3 is 0 Å². The minimum absolute atomic E-state index is 0.0849. The molecule has 3 nitrogen and oxygen atoms in total. The predicted molar refractivity (Wildman–Crippen MR) is 71.3 cm³/mol. The van der Waals surface area contributed by atoms with Crippen molar-refractivity contribution in [2.45, 2.75) is 33.6 Å². The maximum absolute atomic E-state index is 12.1. The van der Waals surface area contributed by atoms with E-state index in [0.29, 0.717) is 19.0 Å². The Balaban J connectivity index is 2.52. The normalized spacial score (nSPS) is 23.9. The minimum Gasteiger partial charge on any atom is -0.212 e. The second-order valence-electron chi connectivity index (χ2n) is 5.79. The number of nitrogens with zero attached hydrogens (tertiary/aromatic N) is 1. The summed E-state index contributed by atoms with van der Waals surface area (Å²) < 4.78 is 25.8. The third-order valence-electron chi connectivity index (χ3n) is 2.97. The molecule has 0 aromatic rings. The lowest BCUT2D eigenvalue weighted by atomic mass is 9.94. The first-order valence-corrected chi connectivity index (χ1v) is 8.51. The summed E-state index contributed by atoms with van der Waals surface area (Å²) in [6, 6.07) is 0. The van der Waals surface area contributed by atoms with Crippen molar-refractivity contribution in [1.29, 1.82) is 0 Å². The van der Waals surface area contributed by atoms with Crippen molar-refractivity contribution >= 4 is 26.0 Å². The predicted octanol–water partition coefficient (Wildman–Crippen LogP) is 2.47. The monoisotopic (exact) mass is 311 g/mol. The third-order valence-corrected chi connectivity index (χ3v) is 5.72. The van der Waals surface area contributed by atoms with Crippen LogP contribution in [0.1, 0.15) is 33.6 Å². The second kappa shape index (κ2) is 5.36. The highest BCUT2D eigenvalue weighted by Gasteiger charge is 2.31. The number of rotatable bonds is 4. The fraction of sp³-hybridized carbons (Fsp3) is 1.00. The van der Waals surface area contributed by atoms with Gasteiger partial charge in [-0.3, -0.25) is 0 Å². The molecule has 0 amide bonds. The molecular weight excluding hydrogens is 290 g/mol. The number of sulfonamides is 1. The van der Waals surface area contributed by atoms with Gasteiger partial charge in [0.1, 0.15) is 0 Å². The van der Waals surface area contributed by atoms with Gasteiger partial charge in [0.15, 0.2) is 0 Å². The number of hydrogen-bond donors (Lipinski definition) is 0. The van der Waals surface area contributed by atoms with Crippen LogP contribution in [0, 0.1) is 11.3 Å². The Bertz CT molecular complexity index is 321. The Morgan fingerprint density at radius 2 is 2.00 bits per heavy atom. The van der Waals surface area contributed by atoms with Crippen LogP contribution in [-0.2, 0) is 10.0 Å². The van der Waals surface area contributed by atoms with Crippen molar-refractivity contribution in [3.8, 4) is 0 Å². The van der Waals surface area contributed by atoms with E-state index in [4.69, 9.17) is 0 Å². The van der Waals surface area contributed by atoms with Gasteiger partial charge >= 0.3 is 0 Å². The van der Waals surface area contributed by atoms with E-state index in [1.54, 1.807) is 4.31 Å². The zero-order valence-electron chi connectivity index (χ0n) is 10.4. The van der Waals surface area contributed by atoms with E-state index in [1.807, 2.05) is 0 Å². The number of hydrogen-bond acceptors (Lipinski definition) is 2. The number of halogens is 1. The van der Waals surface area contributed by atoms with E-state index in [-0.39, 0.29) is 11.2 Å². The summed E-state index contributed by atoms with van der Waals surface area (Å²) in [6.45, 7) is 7.62. The van der Waals surface area contributed by atoms with Gasteiger partial charge in [0, 0.05) is 18.4 Å². The van der Waals surface area contributed by atoms with Gasteiger partial charge in [0.05, 0.1) is 5.75 Å². The first kappa shape index (κ1) is 14.5. The van der Waals surface area contributed by atoms with Gasteiger partial charge in [-0.2, -0.15) is 0 Å². The molecule has 0 saturated carbocycles. The van der Waals surface area contributed by atoms with Gasteiger partial charge in [-0.25, -0.2) is 12.7 Å². The van der Waals surface area contributed by atoms with Gasteiger partial charge in [-0.1, -0.05) is 36.7 Å². The average molecular weight is 312 g/mol. The van der Waals surface area contributed by atoms with Crippen molar-refractivity contribution in [2.75, 3.05) is 24.2 Å². The molecule has 1 unspecified atom stereocenters. The maximum atomic E-state index is 12.1. The van der Waals surface area contributed by atoms with Gasteiger partial charge in [0.2, 0.25) is 10.0 Å². The molecule has 0 N–H and O–H groups in total. The molecule has 1 saturated heterocycles. The lowest BCUT2D eigenvalue weighted by Crippen LogP contribution is -2.32. The molecule has 0 radical (unpaired) electrons. The van der Waals surface area contributed by atoms with Gasteiger partial charge in [-0.05, 0) is 24.2 Å². The third kappa shape index (κ3) is 4.34. The molecule has 0 aromatic heterocycles. The van der Waals surface area contributed by atoms with E-state index in [2.05, 4.69) is 36.7 Å². The zero-order valence-corrected chi connectivity index (χ0v) is 12.8. The molecule has 96 valence electrons. The highest BCUT2D eigenvalue weighted by Crippen LogP contribution is 2.24. The SMILES string of the molecule is CC(C)(C)CCS(=O)(=O)N1CCC(CBr)C1. The molecule has 0 aromatic carbocycles. The molecule has 1 heterocycles. The highest BCUT2D eigenvalue weighted by molar-refractivity contribution is 9.09. The fourth-order valence-corrected chi connectivity index (χ4v) is 4.22. The molecule has 1 aliphatic rings. The minimum atomic E-state index is -3.02. The number of alkyl halides is 1. The first-order chi connectivity index (χ1) is 7.24. The topological polar surface area (TPSA) is 37.4 Å². The van der Waals surface area contributed by atoms with Gasteiger partial charge in [0.25, 0.3) is 0 Å². The summed E-state index contributed by atoms with van der Waals surface area (Å²) in [5, 5.41) is 0.901. The van der Waals surface area contributed by atoms with Crippen LogP contribution < -0.4 is 0 Å². The lowest BCUT2D eigenvalue weighted by molar-refractivity contribution is 0.388. The summed E-state index contributed by atoms with van der Waals surface area (Å²) in [4.78, 5) is 0. The molecule has 1 atom stereocenters. The Labute approximate surface area is 108 Å². The average Bonchev–Trinajstić information content (AvgIpc) is 2.62. The van der Waals surface area contributed by atoms with Crippen LogP contribution in [0.4, 0.5) is 0 Å². The second-order valence-corrected chi connectivity index (χ2v) is 8.53. The van der Waals surface area contributed by atoms with Crippen molar-refractivity contribution in [1.82, 2.24) is 4.31 Å². The van der Waals surface area contributed by atoms with E-state index in [0.717, 1.165) is 18.2 Å². The van der Waals surface area contributed by atoms with Crippen LogP contribution in [0.15, 0.2) is 0 Å². The largest absolute Gasteiger partial charge is 0.214 e.